The molecule has 0 aromatic rings. The van der Waals surface area contributed by atoms with E-state index >= 15 is 0 Å². The van der Waals surface area contributed by atoms with Gasteiger partial charge in [0.25, 0.3) is 5.91 Å². The molecule has 3 nitrogen and oxygen atoms in total. The summed E-state index contributed by atoms with van der Waals surface area (Å²) in [4.78, 5) is 11.1. The van der Waals surface area contributed by atoms with Gasteiger partial charge < -0.3 is 0 Å². The molecule has 1 aliphatic rings. The Hall–Kier alpha value is -0.420. The van der Waals surface area contributed by atoms with Gasteiger partial charge in [0.1, 0.15) is 0 Å². The lowest BCUT2D eigenvalue weighted by atomic mass is 10.4. The van der Waals surface area contributed by atoms with Gasteiger partial charge in [-0.25, -0.2) is 0 Å². The van der Waals surface area contributed by atoms with Crippen LogP contribution in [-0.4, -0.2) is 27.2 Å². The second-order valence-corrected chi connectivity index (χ2v) is 3.96. The van der Waals surface area contributed by atoms with Gasteiger partial charge in [0, 0.05) is 6.21 Å². The molecule has 0 saturated carbocycles. The van der Waals surface area contributed by atoms with Gasteiger partial charge >= 0.3 is 0 Å². The number of amides is 1. The molecule has 1 heterocycles. The van der Waals surface area contributed by atoms with Gasteiger partial charge in [-0.3, -0.25) is 4.79 Å². The molecule has 0 atom stereocenters. The highest BCUT2D eigenvalue weighted by Crippen LogP contribution is 2.18. The molecule has 0 N–H and O–H groups in total. The lowest BCUT2D eigenvalue weighted by Crippen LogP contribution is -2.22. The van der Waals surface area contributed by atoms with Crippen LogP contribution in [0.15, 0.2) is 5.10 Å². The van der Waals surface area contributed by atoms with E-state index in [1.54, 1.807) is 6.21 Å². The van der Waals surface area contributed by atoms with Gasteiger partial charge in [0.15, 0.2) is 4.32 Å². The van der Waals surface area contributed by atoms with Crippen LogP contribution in [0.5, 0.6) is 0 Å². The molecule has 0 bridgehead atoms. The largest absolute Gasteiger partial charge is 0.272 e. The summed E-state index contributed by atoms with van der Waals surface area (Å²) in [6, 6.07) is 0. The monoisotopic (exact) mass is 202 g/mol. The van der Waals surface area contributed by atoms with Crippen LogP contribution in [0.1, 0.15) is 19.8 Å². The molecular weight excluding hydrogens is 192 g/mol. The number of unbranched alkanes of at least 4 members (excludes halogenated alkanes) is 1. The number of rotatable bonds is 3. The van der Waals surface area contributed by atoms with Crippen molar-refractivity contribution in [2.75, 3.05) is 5.75 Å². The minimum Gasteiger partial charge on any atom is -0.272 e. The summed E-state index contributed by atoms with van der Waals surface area (Å²) < 4.78 is 0.562. The molecule has 0 spiro atoms. The molecule has 0 radical (unpaired) electrons. The molecule has 1 amide bonds. The van der Waals surface area contributed by atoms with E-state index in [4.69, 9.17) is 12.2 Å². The number of hydrazone groups is 1. The highest BCUT2D eigenvalue weighted by molar-refractivity contribution is 8.23. The zero-order valence-electron chi connectivity index (χ0n) is 6.82. The number of carbonyl (C=O) groups excluding carboxylic acids is 1. The SMILES string of the molecule is CCC/C=N/N1C(=O)CSC1=S. The minimum absolute atomic E-state index is 0.0163. The van der Waals surface area contributed by atoms with Crippen LogP contribution in [0.4, 0.5) is 0 Å². The Kier molecular flexibility index (Phi) is 3.68. The number of hydrogen-bond donors (Lipinski definition) is 0. The van der Waals surface area contributed by atoms with E-state index < -0.39 is 0 Å². The van der Waals surface area contributed by atoms with Gasteiger partial charge in [-0.2, -0.15) is 10.1 Å². The topological polar surface area (TPSA) is 32.7 Å². The average Bonchev–Trinajstić information content (AvgIpc) is 2.35. The quantitative estimate of drug-likeness (QED) is 0.515. The second kappa shape index (κ2) is 4.57. The minimum atomic E-state index is -0.0163. The Labute approximate surface area is 81.2 Å². The number of carbonyl (C=O) groups is 1. The molecule has 0 aliphatic carbocycles. The molecule has 0 unspecified atom stereocenters. The predicted octanol–water partition coefficient (Wildman–Crippen LogP) is 1.63. The number of thiocarbonyl (C=S) groups is 1. The zero-order chi connectivity index (χ0) is 8.97. The molecule has 0 aromatic heterocycles. The third-order valence-corrected chi connectivity index (χ3v) is 2.68. The van der Waals surface area contributed by atoms with Crippen LogP contribution in [0.25, 0.3) is 0 Å². The van der Waals surface area contributed by atoms with Crippen LogP contribution in [0, 0.1) is 0 Å². The van der Waals surface area contributed by atoms with Crippen molar-refractivity contribution in [2.24, 2.45) is 5.10 Å². The smallest absolute Gasteiger partial charge is 0.259 e. The summed E-state index contributed by atoms with van der Waals surface area (Å²) in [7, 11) is 0. The fourth-order valence-corrected chi connectivity index (χ4v) is 1.69. The molecule has 5 heteroatoms. The van der Waals surface area contributed by atoms with Gasteiger partial charge in [0.2, 0.25) is 0 Å². The third-order valence-electron chi connectivity index (χ3n) is 1.34. The molecule has 1 fully saturated rings. The lowest BCUT2D eigenvalue weighted by Gasteiger charge is -2.05. The van der Waals surface area contributed by atoms with Crippen molar-refractivity contribution in [3.63, 3.8) is 0 Å². The second-order valence-electron chi connectivity index (χ2n) is 2.35. The summed E-state index contributed by atoms with van der Waals surface area (Å²) in [5.41, 5.74) is 0. The molecule has 0 aromatic carbocycles. The van der Waals surface area contributed by atoms with Gasteiger partial charge in [-0.15, -0.1) is 0 Å². The molecule has 12 heavy (non-hydrogen) atoms. The van der Waals surface area contributed by atoms with Crippen LogP contribution in [0.3, 0.4) is 0 Å². The van der Waals surface area contributed by atoms with Crippen molar-refractivity contribution in [3.05, 3.63) is 0 Å². The third kappa shape index (κ3) is 2.28. The zero-order valence-corrected chi connectivity index (χ0v) is 8.45. The van der Waals surface area contributed by atoms with E-state index in [2.05, 4.69) is 12.0 Å². The average molecular weight is 202 g/mol. The maximum absolute atomic E-state index is 11.1. The van der Waals surface area contributed by atoms with Crippen LogP contribution in [-0.2, 0) is 4.79 Å². The Morgan fingerprint density at radius 1 is 1.83 bits per heavy atom. The standard InChI is InChI=1S/C7H10N2OS2/c1-2-3-4-8-9-6(10)5-12-7(9)11/h4H,2-3,5H2,1H3/b8-4+. The fourth-order valence-electron chi connectivity index (χ4n) is 0.728. The Morgan fingerprint density at radius 2 is 2.58 bits per heavy atom. The van der Waals surface area contributed by atoms with E-state index in [-0.39, 0.29) is 5.91 Å². The van der Waals surface area contributed by atoms with Crippen LogP contribution in [0.2, 0.25) is 0 Å². The maximum Gasteiger partial charge on any atom is 0.259 e. The fraction of sp³-hybridized carbons (Fsp3) is 0.571. The first-order valence-electron chi connectivity index (χ1n) is 3.78. The molecule has 1 aliphatic heterocycles. The van der Waals surface area contributed by atoms with Gasteiger partial charge in [-0.05, 0) is 6.42 Å². The number of hydrogen-bond acceptors (Lipinski definition) is 4. The molecule has 1 rings (SSSR count). The summed E-state index contributed by atoms with van der Waals surface area (Å²) >= 11 is 6.29. The summed E-state index contributed by atoms with van der Waals surface area (Å²) in [5, 5.41) is 5.27. The normalized spacial score (nSPS) is 18.2. The van der Waals surface area contributed by atoms with Crippen molar-refractivity contribution in [1.29, 1.82) is 0 Å². The van der Waals surface area contributed by atoms with Crippen molar-refractivity contribution in [1.82, 2.24) is 5.01 Å². The van der Waals surface area contributed by atoms with E-state index in [0.29, 0.717) is 10.1 Å². The first-order valence-corrected chi connectivity index (χ1v) is 5.17. The van der Waals surface area contributed by atoms with E-state index in [0.717, 1.165) is 12.8 Å². The summed E-state index contributed by atoms with van der Waals surface area (Å²) in [5.74, 6) is 0.416. The first-order chi connectivity index (χ1) is 5.75. The number of thioether (sulfide) groups is 1. The lowest BCUT2D eigenvalue weighted by molar-refractivity contribution is -0.124. The van der Waals surface area contributed by atoms with Gasteiger partial charge in [0.05, 0.1) is 5.75 Å². The Morgan fingerprint density at radius 3 is 3.08 bits per heavy atom. The first kappa shape index (κ1) is 9.67. The van der Waals surface area contributed by atoms with Crippen LogP contribution >= 0.6 is 24.0 Å². The predicted molar refractivity (Wildman–Crippen MR) is 55.3 cm³/mol. The summed E-state index contributed by atoms with van der Waals surface area (Å²) in [6.07, 6.45) is 3.65. The summed E-state index contributed by atoms with van der Waals surface area (Å²) in [6.45, 7) is 2.06. The van der Waals surface area contributed by atoms with Crippen LogP contribution < -0.4 is 0 Å². The van der Waals surface area contributed by atoms with E-state index in [1.165, 1.54) is 16.8 Å². The van der Waals surface area contributed by atoms with Gasteiger partial charge in [-0.1, -0.05) is 37.3 Å². The van der Waals surface area contributed by atoms with E-state index in [9.17, 15) is 4.79 Å². The highest BCUT2D eigenvalue weighted by Gasteiger charge is 2.25. The van der Waals surface area contributed by atoms with Crippen molar-refractivity contribution >= 4 is 40.4 Å². The van der Waals surface area contributed by atoms with E-state index in [1.807, 2.05) is 0 Å². The van der Waals surface area contributed by atoms with Crippen molar-refractivity contribution in [2.45, 2.75) is 19.8 Å². The van der Waals surface area contributed by atoms with Crippen molar-refractivity contribution in [3.8, 4) is 0 Å². The molecule has 66 valence electrons. The van der Waals surface area contributed by atoms with Crippen molar-refractivity contribution < 1.29 is 4.79 Å². The Bertz CT molecular complexity index is 211. The Balaban J connectivity index is 2.50. The maximum atomic E-state index is 11.1. The molecule has 1 saturated heterocycles. The number of nitrogens with zero attached hydrogens (tertiary/aromatic N) is 2. The molecular formula is C7H10N2OS2. The highest BCUT2D eigenvalue weighted by atomic mass is 32.2.